The first-order valence-electron chi connectivity index (χ1n) is 7.91. The van der Waals surface area contributed by atoms with Crippen molar-refractivity contribution < 1.29 is 14.3 Å². The minimum atomic E-state index is -0.320. The number of nitrogens with zero attached hydrogens (tertiary/aromatic N) is 3. The van der Waals surface area contributed by atoms with Gasteiger partial charge in [0.25, 0.3) is 0 Å². The Kier molecular flexibility index (Phi) is 5.69. The lowest BCUT2D eigenvalue weighted by Crippen LogP contribution is -2.30. The second-order valence-corrected chi connectivity index (χ2v) is 6.08. The molecule has 2 amide bonds. The summed E-state index contributed by atoms with van der Waals surface area (Å²) in [6.07, 6.45) is 4.18. The smallest absolute Gasteiger partial charge is 0.319 e. The molecule has 0 unspecified atom stereocenters. The third-order valence-corrected chi connectivity index (χ3v) is 4.44. The van der Waals surface area contributed by atoms with Crippen LogP contribution in [0.1, 0.15) is 5.69 Å². The second kappa shape index (κ2) is 8.34. The highest BCUT2D eigenvalue weighted by atomic mass is 32.1. The molecule has 0 fully saturated rings. The predicted molar refractivity (Wildman–Crippen MR) is 99.5 cm³/mol. The molecular formula is C17H19N5O3S. The number of amides is 2. The number of carbonyl (C=O) groups excluding carboxylic acids is 1. The average molecular weight is 373 g/mol. The lowest BCUT2D eigenvalue weighted by atomic mass is 10.2. The van der Waals surface area contributed by atoms with Gasteiger partial charge in [0.2, 0.25) is 5.13 Å². The average Bonchev–Trinajstić information content (AvgIpc) is 3.33. The van der Waals surface area contributed by atoms with Gasteiger partial charge < -0.3 is 20.1 Å². The molecule has 0 spiro atoms. The maximum absolute atomic E-state index is 12.1. The summed E-state index contributed by atoms with van der Waals surface area (Å²) in [7, 11) is 3.08. The number of thiazole rings is 1. The molecule has 0 saturated carbocycles. The molecule has 3 aromatic rings. The Morgan fingerprint density at radius 2 is 2.15 bits per heavy atom. The molecule has 1 aromatic carbocycles. The van der Waals surface area contributed by atoms with Crippen molar-refractivity contribution >= 4 is 23.1 Å². The first-order valence-corrected chi connectivity index (χ1v) is 8.79. The molecule has 0 bridgehead atoms. The Morgan fingerprint density at radius 1 is 1.27 bits per heavy atom. The van der Waals surface area contributed by atoms with Gasteiger partial charge in [-0.1, -0.05) is 6.07 Å². The van der Waals surface area contributed by atoms with E-state index in [-0.39, 0.29) is 6.03 Å². The summed E-state index contributed by atoms with van der Waals surface area (Å²) in [5, 5.41) is 12.5. The van der Waals surface area contributed by atoms with Crippen molar-refractivity contribution in [1.29, 1.82) is 0 Å². The molecule has 8 nitrogen and oxygen atoms in total. The molecule has 2 heterocycles. The van der Waals surface area contributed by atoms with Gasteiger partial charge in [-0.15, -0.1) is 11.3 Å². The molecule has 0 atom stereocenters. The topological polar surface area (TPSA) is 90.3 Å². The molecule has 0 aliphatic carbocycles. The van der Waals surface area contributed by atoms with Gasteiger partial charge in [-0.05, 0) is 18.2 Å². The summed E-state index contributed by atoms with van der Waals surface area (Å²) >= 11 is 1.51. The van der Waals surface area contributed by atoms with Crippen LogP contribution in [-0.2, 0) is 6.42 Å². The Bertz CT molecular complexity index is 863. The van der Waals surface area contributed by atoms with Crippen LogP contribution in [0.15, 0.2) is 42.0 Å². The highest BCUT2D eigenvalue weighted by Crippen LogP contribution is 2.34. The summed E-state index contributed by atoms with van der Waals surface area (Å²) in [5.74, 6) is 1.03. The fourth-order valence-electron chi connectivity index (χ4n) is 2.35. The first-order chi connectivity index (χ1) is 12.7. The zero-order valence-electron chi connectivity index (χ0n) is 14.4. The molecule has 0 radical (unpaired) electrons. The number of carbonyl (C=O) groups is 1. The number of rotatable bonds is 7. The minimum Gasteiger partial charge on any atom is -0.493 e. The van der Waals surface area contributed by atoms with E-state index in [1.165, 1.54) is 18.4 Å². The first kappa shape index (κ1) is 17.7. The van der Waals surface area contributed by atoms with E-state index in [1.54, 1.807) is 36.2 Å². The van der Waals surface area contributed by atoms with Crippen molar-refractivity contribution in [3.8, 4) is 16.6 Å². The zero-order valence-corrected chi connectivity index (χ0v) is 15.2. The van der Waals surface area contributed by atoms with Gasteiger partial charge in [-0.2, -0.15) is 5.10 Å². The maximum atomic E-state index is 12.1. The number of urea groups is 1. The molecule has 2 aromatic heterocycles. The minimum absolute atomic E-state index is 0.320. The van der Waals surface area contributed by atoms with Crippen LogP contribution in [0.25, 0.3) is 5.13 Å². The lowest BCUT2D eigenvalue weighted by Gasteiger charge is -2.13. The largest absolute Gasteiger partial charge is 0.493 e. The number of para-hydroxylation sites is 1. The number of nitrogens with one attached hydrogen (secondary N) is 2. The molecule has 0 aliphatic heterocycles. The zero-order chi connectivity index (χ0) is 18.4. The molecule has 26 heavy (non-hydrogen) atoms. The highest BCUT2D eigenvalue weighted by molar-refractivity contribution is 7.12. The summed E-state index contributed by atoms with van der Waals surface area (Å²) in [5.41, 5.74) is 1.44. The van der Waals surface area contributed by atoms with E-state index in [9.17, 15) is 4.79 Å². The van der Waals surface area contributed by atoms with Crippen LogP contribution in [0.4, 0.5) is 10.5 Å². The molecule has 0 saturated heterocycles. The third-order valence-electron chi connectivity index (χ3n) is 3.56. The Morgan fingerprint density at radius 3 is 2.88 bits per heavy atom. The predicted octanol–water partition coefficient (Wildman–Crippen LogP) is 2.71. The van der Waals surface area contributed by atoms with E-state index in [0.717, 1.165) is 10.8 Å². The van der Waals surface area contributed by atoms with E-state index >= 15 is 0 Å². The molecule has 9 heteroatoms. The summed E-state index contributed by atoms with van der Waals surface area (Å²) in [6, 6.07) is 6.82. The fourth-order valence-corrected chi connectivity index (χ4v) is 3.15. The normalized spacial score (nSPS) is 10.4. The number of benzene rings is 1. The van der Waals surface area contributed by atoms with Crippen molar-refractivity contribution in [2.24, 2.45) is 0 Å². The molecule has 2 N–H and O–H groups in total. The Labute approximate surface area is 154 Å². The molecule has 136 valence electrons. The maximum Gasteiger partial charge on any atom is 0.319 e. The van der Waals surface area contributed by atoms with E-state index in [4.69, 9.17) is 9.47 Å². The summed E-state index contributed by atoms with van der Waals surface area (Å²) in [6.45, 7) is 0.459. The van der Waals surface area contributed by atoms with Crippen LogP contribution in [0.3, 0.4) is 0 Å². The van der Waals surface area contributed by atoms with Crippen molar-refractivity contribution in [3.05, 3.63) is 47.7 Å². The summed E-state index contributed by atoms with van der Waals surface area (Å²) in [4.78, 5) is 16.6. The van der Waals surface area contributed by atoms with E-state index in [1.807, 2.05) is 17.6 Å². The van der Waals surface area contributed by atoms with Crippen molar-refractivity contribution in [2.45, 2.75) is 6.42 Å². The van der Waals surface area contributed by atoms with Gasteiger partial charge in [0.1, 0.15) is 0 Å². The van der Waals surface area contributed by atoms with E-state index in [0.29, 0.717) is 30.2 Å². The Balaban J connectivity index is 1.52. The number of ether oxygens (including phenoxy) is 2. The molecular weight excluding hydrogens is 354 g/mol. The lowest BCUT2D eigenvalue weighted by molar-refractivity contribution is 0.252. The van der Waals surface area contributed by atoms with Gasteiger partial charge >= 0.3 is 6.03 Å². The van der Waals surface area contributed by atoms with Gasteiger partial charge in [0.05, 0.1) is 25.6 Å². The van der Waals surface area contributed by atoms with Gasteiger partial charge in [0, 0.05) is 30.7 Å². The summed E-state index contributed by atoms with van der Waals surface area (Å²) < 4.78 is 12.2. The van der Waals surface area contributed by atoms with Crippen LogP contribution in [-0.4, -0.2) is 41.6 Å². The number of hydrogen-bond donors (Lipinski definition) is 2. The fraction of sp³-hybridized carbons (Fsp3) is 0.235. The van der Waals surface area contributed by atoms with Crippen LogP contribution in [0, 0.1) is 0 Å². The van der Waals surface area contributed by atoms with E-state index in [2.05, 4.69) is 20.7 Å². The van der Waals surface area contributed by atoms with Crippen LogP contribution in [0.2, 0.25) is 0 Å². The third kappa shape index (κ3) is 4.12. The van der Waals surface area contributed by atoms with Crippen molar-refractivity contribution in [1.82, 2.24) is 20.1 Å². The Hall–Kier alpha value is -3.07. The number of hydrogen-bond acceptors (Lipinski definition) is 6. The van der Waals surface area contributed by atoms with Gasteiger partial charge in [0.15, 0.2) is 11.5 Å². The van der Waals surface area contributed by atoms with Crippen molar-refractivity contribution in [3.63, 3.8) is 0 Å². The van der Waals surface area contributed by atoms with Crippen LogP contribution < -0.4 is 20.1 Å². The monoisotopic (exact) mass is 373 g/mol. The van der Waals surface area contributed by atoms with Gasteiger partial charge in [-0.3, -0.25) is 0 Å². The molecule has 3 rings (SSSR count). The number of aromatic nitrogens is 3. The SMILES string of the molecule is COc1cccc(NC(=O)NCCc2csc(-n3cccn3)n2)c1OC. The highest BCUT2D eigenvalue weighted by Gasteiger charge is 2.12. The van der Waals surface area contributed by atoms with Crippen LogP contribution in [0.5, 0.6) is 11.5 Å². The molecule has 0 aliphatic rings. The quantitative estimate of drug-likeness (QED) is 0.665. The van der Waals surface area contributed by atoms with E-state index < -0.39 is 0 Å². The van der Waals surface area contributed by atoms with Gasteiger partial charge in [-0.25, -0.2) is 14.5 Å². The van der Waals surface area contributed by atoms with Crippen LogP contribution >= 0.6 is 11.3 Å². The number of methoxy groups -OCH3 is 2. The van der Waals surface area contributed by atoms with Crippen molar-refractivity contribution in [2.75, 3.05) is 26.1 Å². The number of anilines is 1. The standard InChI is InChI=1S/C17H19N5O3S/c1-24-14-6-3-5-13(15(14)25-2)21-16(23)18-9-7-12-11-26-17(20-12)22-10-4-8-19-22/h3-6,8,10-11H,7,9H2,1-2H3,(H2,18,21,23). The second-order valence-electron chi connectivity index (χ2n) is 5.24.